The third-order valence-electron chi connectivity index (χ3n) is 3.66. The van der Waals surface area contributed by atoms with Crippen LogP contribution in [-0.4, -0.2) is 49.2 Å². The van der Waals surface area contributed by atoms with Crippen molar-refractivity contribution in [2.75, 3.05) is 27.2 Å². The van der Waals surface area contributed by atoms with Gasteiger partial charge in [-0.15, -0.1) is 0 Å². The van der Waals surface area contributed by atoms with Gasteiger partial charge < -0.3 is 21.1 Å². The summed E-state index contributed by atoms with van der Waals surface area (Å²) in [6.07, 6.45) is 1.29. The van der Waals surface area contributed by atoms with E-state index < -0.39 is 16.5 Å². The van der Waals surface area contributed by atoms with Crippen LogP contribution in [0.2, 0.25) is 0 Å². The monoisotopic (exact) mass is 287 g/mol. The van der Waals surface area contributed by atoms with E-state index in [1.807, 2.05) is 48.7 Å². The Labute approximate surface area is 124 Å². The van der Waals surface area contributed by atoms with Gasteiger partial charge in [-0.3, -0.25) is 4.79 Å². The van der Waals surface area contributed by atoms with Crippen molar-refractivity contribution in [1.29, 1.82) is 0 Å². The number of nitrogens with two attached hydrogens (primary N) is 2. The molecule has 0 aliphatic heterocycles. The summed E-state index contributed by atoms with van der Waals surface area (Å²) in [6, 6.07) is 0. The van der Waals surface area contributed by atoms with E-state index >= 15 is 0 Å². The standard InChI is InChI=1S/C15H33N3O2/c1-13(2,16)11-15(5,14(3,4)17)12(19)20-10-8-9-18(6)7/h8-11,16-17H2,1-7H3. The highest BCUT2D eigenvalue weighted by molar-refractivity contribution is 5.78. The maximum absolute atomic E-state index is 12.5. The number of carbonyl (C=O) groups is 1. The highest BCUT2D eigenvalue weighted by atomic mass is 16.5. The van der Waals surface area contributed by atoms with Crippen LogP contribution in [0.15, 0.2) is 0 Å². The van der Waals surface area contributed by atoms with Gasteiger partial charge in [-0.1, -0.05) is 0 Å². The van der Waals surface area contributed by atoms with Crippen LogP contribution in [0.25, 0.3) is 0 Å². The molecule has 1 atom stereocenters. The molecule has 0 saturated heterocycles. The third-order valence-corrected chi connectivity index (χ3v) is 3.66. The molecule has 4 N–H and O–H groups in total. The van der Waals surface area contributed by atoms with Crippen LogP contribution >= 0.6 is 0 Å². The summed E-state index contributed by atoms with van der Waals surface area (Å²) in [7, 11) is 3.98. The molecule has 0 rings (SSSR count). The van der Waals surface area contributed by atoms with Gasteiger partial charge in [0, 0.05) is 17.6 Å². The van der Waals surface area contributed by atoms with Crippen molar-refractivity contribution >= 4 is 5.97 Å². The van der Waals surface area contributed by atoms with Gasteiger partial charge in [0.05, 0.1) is 12.0 Å². The Hall–Kier alpha value is -0.650. The van der Waals surface area contributed by atoms with Gasteiger partial charge in [0.2, 0.25) is 0 Å². The van der Waals surface area contributed by atoms with E-state index in [9.17, 15) is 4.79 Å². The lowest BCUT2D eigenvalue weighted by atomic mass is 9.67. The fraction of sp³-hybridized carbons (Fsp3) is 0.933. The lowest BCUT2D eigenvalue weighted by molar-refractivity contribution is -0.160. The SMILES string of the molecule is CN(C)CCCOC(=O)C(C)(CC(C)(C)N)C(C)(C)N. The summed E-state index contributed by atoms with van der Waals surface area (Å²) in [5, 5.41) is 0. The van der Waals surface area contributed by atoms with E-state index in [1.165, 1.54) is 0 Å². The molecule has 0 radical (unpaired) electrons. The number of rotatable bonds is 8. The molecule has 120 valence electrons. The average Bonchev–Trinajstić information content (AvgIpc) is 2.19. The Kier molecular flexibility index (Phi) is 6.65. The number of hydrogen-bond donors (Lipinski definition) is 2. The summed E-state index contributed by atoms with van der Waals surface area (Å²) in [5.74, 6) is -0.262. The quantitative estimate of drug-likeness (QED) is 0.520. The van der Waals surface area contributed by atoms with E-state index in [0.717, 1.165) is 13.0 Å². The first-order valence-electron chi connectivity index (χ1n) is 7.19. The Morgan fingerprint density at radius 1 is 1.10 bits per heavy atom. The summed E-state index contributed by atoms with van der Waals surface area (Å²) in [5.41, 5.74) is 10.3. The van der Waals surface area contributed by atoms with E-state index in [2.05, 4.69) is 4.90 Å². The zero-order chi connectivity index (χ0) is 16.2. The molecule has 5 nitrogen and oxygen atoms in total. The topological polar surface area (TPSA) is 81.6 Å². The zero-order valence-electron chi connectivity index (χ0n) is 14.2. The Bertz CT molecular complexity index is 316. The van der Waals surface area contributed by atoms with Gasteiger partial charge in [-0.05, 0) is 61.6 Å². The van der Waals surface area contributed by atoms with E-state index in [4.69, 9.17) is 16.2 Å². The molecular weight excluding hydrogens is 254 g/mol. The van der Waals surface area contributed by atoms with Crippen molar-refractivity contribution < 1.29 is 9.53 Å². The minimum atomic E-state index is -0.802. The molecule has 0 saturated carbocycles. The van der Waals surface area contributed by atoms with Crippen molar-refractivity contribution in [2.24, 2.45) is 16.9 Å². The fourth-order valence-electron chi connectivity index (χ4n) is 2.18. The van der Waals surface area contributed by atoms with Crippen molar-refractivity contribution in [1.82, 2.24) is 4.90 Å². The minimum absolute atomic E-state index is 0.262. The first kappa shape index (κ1) is 19.4. The van der Waals surface area contributed by atoms with Crippen LogP contribution in [0, 0.1) is 5.41 Å². The summed E-state index contributed by atoms with van der Waals surface area (Å²) >= 11 is 0. The third kappa shape index (κ3) is 6.20. The van der Waals surface area contributed by atoms with Gasteiger partial charge >= 0.3 is 5.97 Å². The normalized spacial score (nSPS) is 16.1. The lowest BCUT2D eigenvalue weighted by Gasteiger charge is -2.42. The highest BCUT2D eigenvalue weighted by Gasteiger charge is 2.48. The molecule has 0 amide bonds. The van der Waals surface area contributed by atoms with E-state index in [-0.39, 0.29) is 5.97 Å². The van der Waals surface area contributed by atoms with Crippen molar-refractivity contribution in [2.45, 2.75) is 58.5 Å². The Morgan fingerprint density at radius 2 is 1.60 bits per heavy atom. The van der Waals surface area contributed by atoms with E-state index in [0.29, 0.717) is 13.0 Å². The molecule has 5 heteroatoms. The molecule has 1 unspecified atom stereocenters. The Morgan fingerprint density at radius 3 is 1.95 bits per heavy atom. The van der Waals surface area contributed by atoms with Gasteiger partial charge in [0.1, 0.15) is 0 Å². The lowest BCUT2D eigenvalue weighted by Crippen LogP contribution is -2.58. The van der Waals surface area contributed by atoms with Crippen LogP contribution in [-0.2, 0) is 9.53 Å². The molecule has 0 fully saturated rings. The maximum Gasteiger partial charge on any atom is 0.313 e. The summed E-state index contributed by atoms with van der Waals surface area (Å²) in [4.78, 5) is 14.5. The zero-order valence-corrected chi connectivity index (χ0v) is 14.2. The molecule has 0 heterocycles. The molecule has 0 aromatic carbocycles. The second-order valence-corrected chi connectivity index (χ2v) is 7.51. The molecule has 0 aliphatic carbocycles. The highest BCUT2D eigenvalue weighted by Crippen LogP contribution is 2.37. The minimum Gasteiger partial charge on any atom is -0.465 e. The molecule has 0 aromatic heterocycles. The van der Waals surface area contributed by atoms with Gasteiger partial charge in [-0.2, -0.15) is 0 Å². The number of nitrogens with zero attached hydrogens (tertiary/aromatic N) is 1. The molecule has 0 aromatic rings. The molecule has 0 bridgehead atoms. The molecule has 0 aliphatic rings. The van der Waals surface area contributed by atoms with Crippen LogP contribution in [0.3, 0.4) is 0 Å². The number of esters is 1. The number of carbonyl (C=O) groups excluding carboxylic acids is 1. The summed E-state index contributed by atoms with van der Waals surface area (Å²) < 4.78 is 5.43. The smallest absolute Gasteiger partial charge is 0.313 e. The average molecular weight is 287 g/mol. The predicted molar refractivity (Wildman–Crippen MR) is 83.4 cm³/mol. The van der Waals surface area contributed by atoms with Crippen molar-refractivity contribution in [3.05, 3.63) is 0 Å². The van der Waals surface area contributed by atoms with Crippen LogP contribution < -0.4 is 11.5 Å². The second-order valence-electron chi connectivity index (χ2n) is 7.51. The first-order chi connectivity index (χ1) is 8.79. The van der Waals surface area contributed by atoms with Crippen LogP contribution in [0.5, 0.6) is 0 Å². The number of ether oxygens (including phenoxy) is 1. The fourth-order valence-corrected chi connectivity index (χ4v) is 2.18. The molecular formula is C15H33N3O2. The maximum atomic E-state index is 12.5. The largest absolute Gasteiger partial charge is 0.465 e. The Balaban J connectivity index is 4.76. The van der Waals surface area contributed by atoms with Crippen molar-refractivity contribution in [3.63, 3.8) is 0 Å². The van der Waals surface area contributed by atoms with Gasteiger partial charge in [-0.25, -0.2) is 0 Å². The second kappa shape index (κ2) is 6.87. The first-order valence-corrected chi connectivity index (χ1v) is 7.19. The van der Waals surface area contributed by atoms with Gasteiger partial charge in [0.25, 0.3) is 0 Å². The van der Waals surface area contributed by atoms with Crippen LogP contribution in [0.4, 0.5) is 0 Å². The predicted octanol–water partition coefficient (Wildman–Crippen LogP) is 1.35. The summed E-state index contributed by atoms with van der Waals surface area (Å²) in [6.45, 7) is 10.6. The number of hydrogen-bond acceptors (Lipinski definition) is 5. The van der Waals surface area contributed by atoms with Gasteiger partial charge in [0.15, 0.2) is 0 Å². The molecule has 20 heavy (non-hydrogen) atoms. The van der Waals surface area contributed by atoms with Crippen LogP contribution in [0.1, 0.15) is 47.5 Å². The molecule has 0 spiro atoms. The van der Waals surface area contributed by atoms with Crippen molar-refractivity contribution in [3.8, 4) is 0 Å². The van der Waals surface area contributed by atoms with E-state index in [1.54, 1.807) is 0 Å².